The molecule has 0 fully saturated rings. The quantitative estimate of drug-likeness (QED) is 0.383. The van der Waals surface area contributed by atoms with Crippen LogP contribution in [0.4, 0.5) is 22.5 Å². The van der Waals surface area contributed by atoms with Crippen molar-refractivity contribution >= 4 is 44.1 Å². The van der Waals surface area contributed by atoms with Gasteiger partial charge in [-0.25, -0.2) is 15.0 Å². The number of aromatic nitrogens is 3. The maximum absolute atomic E-state index is 4.83. The molecule has 0 radical (unpaired) electrons. The van der Waals surface area contributed by atoms with Gasteiger partial charge in [0.25, 0.3) is 0 Å². The molecular formula is C24H28N6S. The summed E-state index contributed by atoms with van der Waals surface area (Å²) in [5, 5.41) is 4.15. The highest BCUT2D eigenvalue weighted by Gasteiger charge is 2.11. The zero-order chi connectivity index (χ0) is 21.8. The third-order valence-electron chi connectivity index (χ3n) is 5.37. The predicted octanol–water partition coefficient (Wildman–Crippen LogP) is 5.75. The van der Waals surface area contributed by atoms with Crippen molar-refractivity contribution in [2.45, 2.75) is 27.3 Å². The van der Waals surface area contributed by atoms with Crippen molar-refractivity contribution in [1.82, 2.24) is 19.9 Å². The Balaban J connectivity index is 1.53. The summed E-state index contributed by atoms with van der Waals surface area (Å²) >= 11 is 1.54. The molecule has 0 amide bonds. The molecule has 0 unspecified atom stereocenters. The maximum atomic E-state index is 4.83. The first kappa shape index (κ1) is 21.2. The van der Waals surface area contributed by atoms with Gasteiger partial charge in [0.05, 0.1) is 0 Å². The zero-order valence-corrected chi connectivity index (χ0v) is 19.3. The number of fused-ring (bicyclic) bond motifs is 1. The van der Waals surface area contributed by atoms with E-state index in [0.717, 1.165) is 52.4 Å². The molecule has 1 aromatic carbocycles. The lowest BCUT2D eigenvalue weighted by atomic mass is 10.2. The third kappa shape index (κ3) is 5.00. The van der Waals surface area contributed by atoms with Crippen LogP contribution in [0.1, 0.15) is 25.0 Å². The summed E-state index contributed by atoms with van der Waals surface area (Å²) in [6, 6.07) is 16.6. The van der Waals surface area contributed by atoms with Gasteiger partial charge in [0.2, 0.25) is 0 Å². The number of benzene rings is 1. The number of pyridine rings is 2. The normalized spacial score (nSPS) is 11.3. The molecule has 4 rings (SSSR count). The zero-order valence-electron chi connectivity index (χ0n) is 18.5. The number of anilines is 4. The third-order valence-corrected chi connectivity index (χ3v) is 6.25. The largest absolute Gasteiger partial charge is 0.329 e. The molecule has 31 heavy (non-hydrogen) atoms. The Morgan fingerprint density at radius 2 is 1.74 bits per heavy atom. The minimum atomic E-state index is 0.796. The number of aryl methyl sites for hydroxylation is 1. The number of thiazole rings is 1. The standard InChI is InChI=1S/C24H28N6S/c1-5-30(6-2)16-18-13-14-25-21(15-18)27-24-26-20-11-12-22(28-23(20)31-24)29(4)19-9-7-17(3)8-10-19/h7-15H,5-6,16H2,1-4H3,(H,25,26,27). The molecule has 0 bridgehead atoms. The van der Waals surface area contributed by atoms with Gasteiger partial charge in [0.1, 0.15) is 22.0 Å². The van der Waals surface area contributed by atoms with Crippen molar-refractivity contribution in [2.75, 3.05) is 30.4 Å². The van der Waals surface area contributed by atoms with Crippen molar-refractivity contribution in [3.63, 3.8) is 0 Å². The topological polar surface area (TPSA) is 57.2 Å². The smallest absolute Gasteiger partial charge is 0.190 e. The van der Waals surface area contributed by atoms with Crippen molar-refractivity contribution in [2.24, 2.45) is 0 Å². The van der Waals surface area contributed by atoms with Crippen LogP contribution in [0, 0.1) is 6.92 Å². The molecule has 160 valence electrons. The molecule has 4 aromatic rings. The van der Waals surface area contributed by atoms with E-state index in [2.05, 4.69) is 77.3 Å². The molecule has 0 spiro atoms. The van der Waals surface area contributed by atoms with Gasteiger partial charge in [-0.1, -0.05) is 42.9 Å². The van der Waals surface area contributed by atoms with E-state index < -0.39 is 0 Å². The van der Waals surface area contributed by atoms with Crippen molar-refractivity contribution in [1.29, 1.82) is 0 Å². The van der Waals surface area contributed by atoms with Crippen LogP contribution in [-0.4, -0.2) is 40.0 Å². The lowest BCUT2D eigenvalue weighted by molar-refractivity contribution is 0.296. The molecular weight excluding hydrogens is 404 g/mol. The van der Waals surface area contributed by atoms with Crippen molar-refractivity contribution in [3.05, 3.63) is 65.9 Å². The van der Waals surface area contributed by atoms with Crippen molar-refractivity contribution < 1.29 is 0 Å². The van der Waals surface area contributed by atoms with Crippen LogP contribution < -0.4 is 10.2 Å². The first-order valence-electron chi connectivity index (χ1n) is 10.6. The Kier molecular flexibility index (Phi) is 6.44. The van der Waals surface area contributed by atoms with Gasteiger partial charge in [-0.05, 0) is 62.0 Å². The second-order valence-electron chi connectivity index (χ2n) is 7.54. The summed E-state index contributed by atoms with van der Waals surface area (Å²) in [4.78, 5) is 19.4. The van der Waals surface area contributed by atoms with Crippen LogP contribution in [0.3, 0.4) is 0 Å². The molecule has 6 nitrogen and oxygen atoms in total. The number of nitrogens with zero attached hydrogens (tertiary/aromatic N) is 5. The second kappa shape index (κ2) is 9.41. The van der Waals surface area contributed by atoms with Gasteiger partial charge in [0.15, 0.2) is 5.13 Å². The molecule has 0 aliphatic carbocycles. The van der Waals surface area contributed by atoms with Gasteiger partial charge >= 0.3 is 0 Å². The lowest BCUT2D eigenvalue weighted by Crippen LogP contribution is -2.22. The fourth-order valence-electron chi connectivity index (χ4n) is 3.40. The summed E-state index contributed by atoms with van der Waals surface area (Å²) in [5.41, 5.74) is 4.47. The average molecular weight is 433 g/mol. The van der Waals surface area contributed by atoms with Crippen LogP contribution in [-0.2, 0) is 6.54 Å². The van der Waals surface area contributed by atoms with E-state index in [1.807, 2.05) is 25.4 Å². The van der Waals surface area contributed by atoms with E-state index in [9.17, 15) is 0 Å². The SMILES string of the molecule is CCN(CC)Cc1ccnc(Nc2nc3ccc(N(C)c4ccc(C)cc4)nc3s2)c1. The number of nitrogens with one attached hydrogen (secondary N) is 1. The van der Waals surface area contributed by atoms with Crippen LogP contribution >= 0.6 is 11.3 Å². The van der Waals surface area contributed by atoms with Crippen molar-refractivity contribution in [3.8, 4) is 0 Å². The van der Waals surface area contributed by atoms with E-state index in [1.54, 1.807) is 0 Å². The summed E-state index contributed by atoms with van der Waals surface area (Å²) < 4.78 is 0. The van der Waals surface area contributed by atoms with Gasteiger partial charge in [0, 0.05) is 25.5 Å². The number of hydrogen-bond acceptors (Lipinski definition) is 7. The summed E-state index contributed by atoms with van der Waals surface area (Å²) in [5.74, 6) is 1.70. The predicted molar refractivity (Wildman–Crippen MR) is 131 cm³/mol. The van der Waals surface area contributed by atoms with Gasteiger partial charge < -0.3 is 10.2 Å². The highest BCUT2D eigenvalue weighted by Crippen LogP contribution is 2.30. The molecule has 0 aliphatic rings. The first-order valence-corrected chi connectivity index (χ1v) is 11.4. The van der Waals surface area contributed by atoms with Crippen LogP contribution in [0.15, 0.2) is 54.7 Å². The minimum absolute atomic E-state index is 0.796. The minimum Gasteiger partial charge on any atom is -0.329 e. The first-order chi connectivity index (χ1) is 15.1. The van der Waals surface area contributed by atoms with E-state index in [4.69, 9.17) is 9.97 Å². The summed E-state index contributed by atoms with van der Waals surface area (Å²) in [6.07, 6.45) is 1.85. The molecule has 0 saturated carbocycles. The van der Waals surface area contributed by atoms with Crippen LogP contribution in [0.25, 0.3) is 10.3 Å². The molecule has 7 heteroatoms. The lowest BCUT2D eigenvalue weighted by Gasteiger charge is -2.18. The average Bonchev–Trinajstić information content (AvgIpc) is 3.19. The monoisotopic (exact) mass is 432 g/mol. The molecule has 0 aliphatic heterocycles. The molecule has 3 aromatic heterocycles. The molecule has 0 atom stereocenters. The maximum Gasteiger partial charge on any atom is 0.190 e. The highest BCUT2D eigenvalue weighted by atomic mass is 32.1. The van der Waals surface area contributed by atoms with E-state index >= 15 is 0 Å². The van der Waals surface area contributed by atoms with E-state index in [-0.39, 0.29) is 0 Å². The Morgan fingerprint density at radius 3 is 2.48 bits per heavy atom. The Bertz CT molecular complexity index is 1150. The Morgan fingerprint density at radius 1 is 0.968 bits per heavy atom. The van der Waals surface area contributed by atoms with Gasteiger partial charge in [-0.2, -0.15) is 0 Å². The number of hydrogen-bond donors (Lipinski definition) is 1. The number of rotatable bonds is 8. The van der Waals surface area contributed by atoms with Crippen LogP contribution in [0.2, 0.25) is 0 Å². The molecule has 1 N–H and O–H groups in total. The summed E-state index contributed by atoms with van der Waals surface area (Å²) in [6.45, 7) is 9.44. The summed E-state index contributed by atoms with van der Waals surface area (Å²) in [7, 11) is 2.03. The molecule has 0 saturated heterocycles. The van der Waals surface area contributed by atoms with Gasteiger partial charge in [-0.15, -0.1) is 0 Å². The van der Waals surface area contributed by atoms with E-state index in [1.165, 1.54) is 22.5 Å². The Labute approximate surface area is 187 Å². The fourth-order valence-corrected chi connectivity index (χ4v) is 4.24. The van der Waals surface area contributed by atoms with E-state index in [0.29, 0.717) is 0 Å². The van der Waals surface area contributed by atoms with Gasteiger partial charge in [-0.3, -0.25) is 4.90 Å². The Hall–Kier alpha value is -3.03. The van der Waals surface area contributed by atoms with Crippen LogP contribution in [0.5, 0.6) is 0 Å². The fraction of sp³-hybridized carbons (Fsp3) is 0.292. The molecule has 3 heterocycles. The second-order valence-corrected chi connectivity index (χ2v) is 8.52. The highest BCUT2D eigenvalue weighted by molar-refractivity contribution is 7.21.